The zero-order valence-corrected chi connectivity index (χ0v) is 9.93. The average Bonchev–Trinajstić information content (AvgIpc) is 2.74. The van der Waals surface area contributed by atoms with Gasteiger partial charge in [0.05, 0.1) is 4.92 Å². The van der Waals surface area contributed by atoms with Crippen LogP contribution in [0.4, 0.5) is 11.4 Å². The zero-order chi connectivity index (χ0) is 13.1. The molecule has 0 bridgehead atoms. The van der Waals surface area contributed by atoms with Crippen LogP contribution < -0.4 is 10.1 Å². The molecular formula is C11H12N4O3. The molecule has 0 aliphatic heterocycles. The van der Waals surface area contributed by atoms with Crippen molar-refractivity contribution in [1.82, 2.24) is 10.2 Å². The van der Waals surface area contributed by atoms with Crippen molar-refractivity contribution < 1.29 is 9.66 Å². The van der Waals surface area contributed by atoms with E-state index in [4.69, 9.17) is 4.74 Å². The van der Waals surface area contributed by atoms with Gasteiger partial charge in [-0.3, -0.25) is 15.2 Å². The van der Waals surface area contributed by atoms with Gasteiger partial charge in [0.25, 0.3) is 0 Å². The van der Waals surface area contributed by atoms with Crippen molar-refractivity contribution in [2.24, 2.45) is 0 Å². The Morgan fingerprint density at radius 1 is 1.50 bits per heavy atom. The molecule has 0 saturated heterocycles. The van der Waals surface area contributed by atoms with Crippen LogP contribution in [0.3, 0.4) is 0 Å². The van der Waals surface area contributed by atoms with Gasteiger partial charge in [-0.05, 0) is 19.1 Å². The number of rotatable bonds is 4. The van der Waals surface area contributed by atoms with Crippen molar-refractivity contribution in [2.75, 3.05) is 12.4 Å². The van der Waals surface area contributed by atoms with E-state index in [-0.39, 0.29) is 11.4 Å². The van der Waals surface area contributed by atoms with Gasteiger partial charge in [0.2, 0.25) is 11.6 Å². The summed E-state index contributed by atoms with van der Waals surface area (Å²) in [6, 6.07) is 6.48. The van der Waals surface area contributed by atoms with Crippen LogP contribution in [-0.2, 0) is 0 Å². The molecule has 0 fully saturated rings. The lowest BCUT2D eigenvalue weighted by molar-refractivity contribution is -0.384. The number of aromatic amines is 1. The Morgan fingerprint density at radius 2 is 2.28 bits per heavy atom. The van der Waals surface area contributed by atoms with Crippen molar-refractivity contribution in [3.63, 3.8) is 0 Å². The highest BCUT2D eigenvalue weighted by Gasteiger charge is 2.21. The van der Waals surface area contributed by atoms with Crippen LogP contribution in [0.15, 0.2) is 24.3 Å². The zero-order valence-electron chi connectivity index (χ0n) is 9.93. The van der Waals surface area contributed by atoms with Gasteiger partial charge < -0.3 is 10.1 Å². The SMILES string of the molecule is CNc1cccc(Oc2cc(C)[nH]n2)c1[N+](=O)[O-]. The lowest BCUT2D eigenvalue weighted by Gasteiger charge is -2.06. The molecule has 1 heterocycles. The van der Waals surface area contributed by atoms with Gasteiger partial charge in [-0.15, -0.1) is 5.10 Å². The summed E-state index contributed by atoms with van der Waals surface area (Å²) >= 11 is 0. The number of nitrogens with zero attached hydrogens (tertiary/aromatic N) is 2. The first-order valence-electron chi connectivity index (χ1n) is 5.27. The lowest BCUT2D eigenvalue weighted by Crippen LogP contribution is -1.99. The minimum atomic E-state index is -0.485. The van der Waals surface area contributed by atoms with Gasteiger partial charge in [0.15, 0.2) is 0 Å². The predicted octanol–water partition coefficient (Wildman–Crippen LogP) is 2.46. The number of ether oxygens (including phenoxy) is 1. The maximum atomic E-state index is 11.1. The van der Waals surface area contributed by atoms with Gasteiger partial charge >= 0.3 is 5.69 Å². The highest BCUT2D eigenvalue weighted by atomic mass is 16.6. The minimum absolute atomic E-state index is 0.111. The van der Waals surface area contributed by atoms with Crippen LogP contribution in [0.2, 0.25) is 0 Å². The van der Waals surface area contributed by atoms with Gasteiger partial charge in [0, 0.05) is 18.8 Å². The number of aromatic nitrogens is 2. The Kier molecular flexibility index (Phi) is 3.13. The highest BCUT2D eigenvalue weighted by Crippen LogP contribution is 2.36. The van der Waals surface area contributed by atoms with E-state index in [1.54, 1.807) is 25.2 Å². The molecule has 7 nitrogen and oxygen atoms in total. The Balaban J connectivity index is 2.41. The molecule has 7 heteroatoms. The number of anilines is 1. The number of para-hydroxylation sites is 1. The summed E-state index contributed by atoms with van der Waals surface area (Å²) in [5.41, 5.74) is 1.10. The van der Waals surface area contributed by atoms with Crippen LogP contribution in [-0.4, -0.2) is 22.2 Å². The second-order valence-corrected chi connectivity index (χ2v) is 3.65. The molecule has 0 atom stereocenters. The van der Waals surface area contributed by atoms with E-state index < -0.39 is 4.92 Å². The normalized spacial score (nSPS) is 10.1. The van der Waals surface area contributed by atoms with Crippen molar-refractivity contribution in [3.05, 3.63) is 40.1 Å². The fraction of sp³-hybridized carbons (Fsp3) is 0.182. The summed E-state index contributed by atoms with van der Waals surface area (Å²) in [7, 11) is 1.62. The number of benzene rings is 1. The van der Waals surface area contributed by atoms with E-state index in [0.717, 1.165) is 5.69 Å². The largest absolute Gasteiger partial charge is 0.430 e. The quantitative estimate of drug-likeness (QED) is 0.640. The van der Waals surface area contributed by atoms with Gasteiger partial charge in [-0.25, -0.2) is 0 Å². The van der Waals surface area contributed by atoms with Crippen LogP contribution in [0.25, 0.3) is 0 Å². The van der Waals surface area contributed by atoms with Gasteiger partial charge in [-0.1, -0.05) is 6.07 Å². The van der Waals surface area contributed by atoms with Crippen LogP contribution in [0, 0.1) is 17.0 Å². The molecule has 0 spiro atoms. The Bertz CT molecular complexity index is 579. The second-order valence-electron chi connectivity index (χ2n) is 3.65. The summed E-state index contributed by atoms with van der Waals surface area (Å²) in [6.45, 7) is 1.82. The molecule has 94 valence electrons. The third kappa shape index (κ3) is 2.24. The highest BCUT2D eigenvalue weighted by molar-refractivity contribution is 5.68. The number of hydrogen-bond acceptors (Lipinski definition) is 5. The van der Waals surface area contributed by atoms with Crippen molar-refractivity contribution in [2.45, 2.75) is 6.92 Å². The number of nitro groups is 1. The first-order chi connectivity index (χ1) is 8.61. The summed E-state index contributed by atoms with van der Waals surface area (Å²) < 4.78 is 5.41. The van der Waals surface area contributed by atoms with E-state index in [1.165, 1.54) is 6.07 Å². The van der Waals surface area contributed by atoms with Gasteiger partial charge in [0.1, 0.15) is 5.69 Å². The van der Waals surface area contributed by atoms with Crippen LogP contribution >= 0.6 is 0 Å². The lowest BCUT2D eigenvalue weighted by atomic mass is 10.2. The molecule has 0 amide bonds. The number of aryl methyl sites for hydroxylation is 1. The molecule has 2 aromatic rings. The van der Waals surface area contributed by atoms with Crippen molar-refractivity contribution >= 4 is 11.4 Å². The maximum Gasteiger partial charge on any atom is 0.334 e. The summed E-state index contributed by atoms with van der Waals surface area (Å²) in [5.74, 6) is 0.446. The number of nitro benzene ring substituents is 1. The third-order valence-corrected chi connectivity index (χ3v) is 2.35. The Morgan fingerprint density at radius 3 is 2.83 bits per heavy atom. The molecule has 18 heavy (non-hydrogen) atoms. The van der Waals surface area contributed by atoms with Crippen LogP contribution in [0.1, 0.15) is 5.69 Å². The number of nitrogens with one attached hydrogen (secondary N) is 2. The molecule has 0 aliphatic rings. The summed E-state index contributed by atoms with van der Waals surface area (Å²) in [6.07, 6.45) is 0. The molecule has 0 saturated carbocycles. The molecule has 1 aromatic heterocycles. The molecule has 2 rings (SSSR count). The van der Waals surface area contributed by atoms with E-state index in [0.29, 0.717) is 11.6 Å². The first-order valence-corrected chi connectivity index (χ1v) is 5.27. The van der Waals surface area contributed by atoms with Crippen molar-refractivity contribution in [3.8, 4) is 11.6 Å². The topological polar surface area (TPSA) is 93.1 Å². The minimum Gasteiger partial charge on any atom is -0.430 e. The molecule has 2 N–H and O–H groups in total. The van der Waals surface area contributed by atoms with E-state index in [2.05, 4.69) is 15.5 Å². The van der Waals surface area contributed by atoms with Crippen molar-refractivity contribution in [1.29, 1.82) is 0 Å². The molecule has 0 aliphatic carbocycles. The van der Waals surface area contributed by atoms with Gasteiger partial charge in [-0.2, -0.15) is 0 Å². The maximum absolute atomic E-state index is 11.1. The Labute approximate surface area is 103 Å². The standard InChI is InChI=1S/C11H12N4O3/c1-7-6-10(14-13-7)18-9-5-3-4-8(12-2)11(9)15(16)17/h3-6,12H,1-2H3,(H,13,14). The third-order valence-electron chi connectivity index (χ3n) is 2.35. The van der Waals surface area contributed by atoms with E-state index >= 15 is 0 Å². The fourth-order valence-electron chi connectivity index (χ4n) is 1.55. The average molecular weight is 248 g/mol. The predicted molar refractivity (Wildman–Crippen MR) is 66.0 cm³/mol. The molecule has 0 unspecified atom stereocenters. The summed E-state index contributed by atoms with van der Waals surface area (Å²) in [5, 5.41) is 20.4. The fourth-order valence-corrected chi connectivity index (χ4v) is 1.55. The Hall–Kier alpha value is -2.57. The monoisotopic (exact) mass is 248 g/mol. The van der Waals surface area contributed by atoms with Crippen LogP contribution in [0.5, 0.6) is 11.6 Å². The molecule has 0 radical (unpaired) electrons. The summed E-state index contributed by atoms with van der Waals surface area (Å²) in [4.78, 5) is 10.6. The molecular weight excluding hydrogens is 236 g/mol. The number of H-pyrrole nitrogens is 1. The molecule has 1 aromatic carbocycles. The second kappa shape index (κ2) is 4.74. The first kappa shape index (κ1) is 11.9. The number of hydrogen-bond donors (Lipinski definition) is 2. The van der Waals surface area contributed by atoms with E-state index in [1.807, 2.05) is 6.92 Å². The smallest absolute Gasteiger partial charge is 0.334 e. The van der Waals surface area contributed by atoms with E-state index in [9.17, 15) is 10.1 Å².